The Balaban J connectivity index is 2.05. The predicted octanol–water partition coefficient (Wildman–Crippen LogP) is 2.46. The Morgan fingerprint density at radius 1 is 1.40 bits per heavy atom. The quantitative estimate of drug-likeness (QED) is 0.587. The molecule has 0 spiro atoms. The first-order chi connectivity index (χ1) is 4.92. The first kappa shape index (κ1) is 6.02. The monoisotopic (exact) mass is 135 g/mol. The lowest BCUT2D eigenvalue weighted by atomic mass is 10.3. The van der Waals surface area contributed by atoms with E-state index in [2.05, 4.69) is 36.0 Å². The summed E-state index contributed by atoms with van der Waals surface area (Å²) in [7, 11) is 0. The summed E-state index contributed by atoms with van der Waals surface area (Å²) in [4.78, 5) is 0. The van der Waals surface area contributed by atoms with Crippen LogP contribution in [0, 0.1) is 5.92 Å². The summed E-state index contributed by atoms with van der Waals surface area (Å²) in [5.41, 5.74) is 0. The van der Waals surface area contributed by atoms with E-state index in [0.29, 0.717) is 0 Å². The van der Waals surface area contributed by atoms with E-state index in [1.165, 1.54) is 12.8 Å². The van der Waals surface area contributed by atoms with Gasteiger partial charge in [0.25, 0.3) is 0 Å². The molecule has 0 saturated heterocycles. The summed E-state index contributed by atoms with van der Waals surface area (Å²) in [5.74, 6) is 0.965. The van der Waals surface area contributed by atoms with Crippen LogP contribution in [0.5, 0.6) is 0 Å². The maximum atomic E-state index is 2.33. The van der Waals surface area contributed by atoms with Gasteiger partial charge in [-0.1, -0.05) is 13.3 Å². The Bertz CT molecular complexity index is 201. The zero-order valence-corrected chi connectivity index (χ0v) is 6.33. The summed E-state index contributed by atoms with van der Waals surface area (Å²) in [6.07, 6.45) is 7.06. The van der Waals surface area contributed by atoms with E-state index >= 15 is 0 Å². The van der Waals surface area contributed by atoms with Crippen LogP contribution in [0.4, 0.5) is 0 Å². The van der Waals surface area contributed by atoms with Crippen molar-refractivity contribution in [2.24, 2.45) is 5.92 Å². The molecule has 0 radical (unpaired) electrons. The predicted molar refractivity (Wildman–Crippen MR) is 41.9 cm³/mol. The van der Waals surface area contributed by atoms with E-state index in [1.54, 1.807) is 0 Å². The lowest BCUT2D eigenvalue weighted by molar-refractivity contribution is 0.644. The van der Waals surface area contributed by atoms with Crippen molar-refractivity contribution in [3.8, 4) is 0 Å². The van der Waals surface area contributed by atoms with Crippen molar-refractivity contribution in [3.05, 3.63) is 24.5 Å². The molecule has 0 amide bonds. The highest BCUT2D eigenvalue weighted by molar-refractivity contribution is 5.00. The van der Waals surface area contributed by atoms with Crippen LogP contribution in [0.2, 0.25) is 0 Å². The van der Waals surface area contributed by atoms with Gasteiger partial charge < -0.3 is 4.57 Å². The van der Waals surface area contributed by atoms with Gasteiger partial charge in [-0.15, -0.1) is 0 Å². The molecule has 1 nitrogen and oxygen atoms in total. The van der Waals surface area contributed by atoms with E-state index in [1.807, 2.05) is 0 Å². The van der Waals surface area contributed by atoms with Crippen molar-refractivity contribution in [3.63, 3.8) is 0 Å². The second kappa shape index (κ2) is 2.15. The Labute approximate surface area is 61.7 Å². The minimum atomic E-state index is 0.833. The van der Waals surface area contributed by atoms with Crippen molar-refractivity contribution in [2.45, 2.75) is 25.8 Å². The lowest BCUT2D eigenvalue weighted by Crippen LogP contribution is -1.90. The van der Waals surface area contributed by atoms with E-state index in [0.717, 1.165) is 12.0 Å². The highest BCUT2D eigenvalue weighted by atomic mass is 15.0. The van der Waals surface area contributed by atoms with Gasteiger partial charge in [0.05, 0.1) is 0 Å². The molecule has 2 rings (SSSR count). The fourth-order valence-corrected chi connectivity index (χ4v) is 1.60. The summed E-state index contributed by atoms with van der Waals surface area (Å²) in [5, 5.41) is 0. The maximum absolute atomic E-state index is 2.33. The van der Waals surface area contributed by atoms with Crippen molar-refractivity contribution in [2.75, 3.05) is 0 Å². The van der Waals surface area contributed by atoms with Gasteiger partial charge in [0, 0.05) is 18.4 Å². The molecular weight excluding hydrogens is 122 g/mol. The van der Waals surface area contributed by atoms with Crippen molar-refractivity contribution in [1.29, 1.82) is 0 Å². The third-order valence-electron chi connectivity index (χ3n) is 2.42. The molecule has 1 saturated carbocycles. The normalized spacial score (nSPS) is 30.5. The molecule has 10 heavy (non-hydrogen) atoms. The molecule has 0 N–H and O–H groups in total. The van der Waals surface area contributed by atoms with Crippen LogP contribution in [0.15, 0.2) is 24.5 Å². The number of nitrogens with zero attached hydrogens (tertiary/aromatic N) is 1. The van der Waals surface area contributed by atoms with E-state index < -0.39 is 0 Å². The Morgan fingerprint density at radius 3 is 2.60 bits per heavy atom. The van der Waals surface area contributed by atoms with Gasteiger partial charge in [-0.25, -0.2) is 0 Å². The molecule has 0 aliphatic heterocycles. The molecular formula is C9H13N. The molecule has 2 atom stereocenters. The van der Waals surface area contributed by atoms with Gasteiger partial charge >= 0.3 is 0 Å². The molecule has 2 unspecified atom stereocenters. The zero-order chi connectivity index (χ0) is 6.97. The molecule has 1 aromatic heterocycles. The number of hydrogen-bond donors (Lipinski definition) is 0. The average Bonchev–Trinajstić information content (AvgIpc) is 2.56. The Hall–Kier alpha value is -0.720. The molecule has 54 valence electrons. The van der Waals surface area contributed by atoms with Crippen molar-refractivity contribution in [1.82, 2.24) is 4.57 Å². The van der Waals surface area contributed by atoms with Crippen LogP contribution < -0.4 is 0 Å². The van der Waals surface area contributed by atoms with Gasteiger partial charge in [0.15, 0.2) is 0 Å². The van der Waals surface area contributed by atoms with Crippen LogP contribution in [-0.4, -0.2) is 4.57 Å². The third-order valence-corrected chi connectivity index (χ3v) is 2.42. The minimum Gasteiger partial charge on any atom is -0.351 e. The van der Waals surface area contributed by atoms with Gasteiger partial charge in [0.2, 0.25) is 0 Å². The average molecular weight is 135 g/mol. The van der Waals surface area contributed by atoms with Crippen LogP contribution in [0.3, 0.4) is 0 Å². The smallest absolute Gasteiger partial charge is 0.0362 e. The first-order valence-corrected chi connectivity index (χ1v) is 4.04. The molecule has 1 fully saturated rings. The third kappa shape index (κ3) is 0.859. The van der Waals surface area contributed by atoms with Gasteiger partial charge in [-0.05, 0) is 24.5 Å². The van der Waals surface area contributed by atoms with Crippen molar-refractivity contribution < 1.29 is 0 Å². The van der Waals surface area contributed by atoms with Crippen LogP contribution in [-0.2, 0) is 0 Å². The molecule has 1 aliphatic rings. The molecule has 1 heterocycles. The first-order valence-electron chi connectivity index (χ1n) is 4.04. The Kier molecular flexibility index (Phi) is 1.30. The van der Waals surface area contributed by atoms with Crippen LogP contribution in [0.1, 0.15) is 25.8 Å². The standard InChI is InChI=1S/C9H13N/c1-2-8-7-9(8)10-5-3-4-6-10/h3-6,8-9H,2,7H2,1H3. The number of rotatable bonds is 2. The van der Waals surface area contributed by atoms with E-state index in [-0.39, 0.29) is 0 Å². The summed E-state index contributed by atoms with van der Waals surface area (Å²) < 4.78 is 2.33. The summed E-state index contributed by atoms with van der Waals surface area (Å²) in [6.45, 7) is 2.27. The molecule has 1 aromatic rings. The molecule has 0 bridgehead atoms. The SMILES string of the molecule is CCC1CC1n1cccc1. The maximum Gasteiger partial charge on any atom is 0.0362 e. The lowest BCUT2D eigenvalue weighted by Gasteiger charge is -1.97. The van der Waals surface area contributed by atoms with E-state index in [4.69, 9.17) is 0 Å². The summed E-state index contributed by atoms with van der Waals surface area (Å²) >= 11 is 0. The van der Waals surface area contributed by atoms with Gasteiger partial charge in [-0.3, -0.25) is 0 Å². The fraction of sp³-hybridized carbons (Fsp3) is 0.556. The Morgan fingerprint density at radius 2 is 2.10 bits per heavy atom. The molecule has 1 aliphatic carbocycles. The van der Waals surface area contributed by atoms with E-state index in [9.17, 15) is 0 Å². The second-order valence-corrected chi connectivity index (χ2v) is 3.10. The minimum absolute atomic E-state index is 0.833. The van der Waals surface area contributed by atoms with Gasteiger partial charge in [0.1, 0.15) is 0 Å². The molecule has 1 heteroatoms. The van der Waals surface area contributed by atoms with Crippen molar-refractivity contribution >= 4 is 0 Å². The molecule has 0 aromatic carbocycles. The summed E-state index contributed by atoms with van der Waals surface area (Å²) in [6, 6.07) is 5.04. The largest absolute Gasteiger partial charge is 0.351 e. The zero-order valence-electron chi connectivity index (χ0n) is 6.33. The number of aromatic nitrogens is 1. The topological polar surface area (TPSA) is 4.93 Å². The van der Waals surface area contributed by atoms with Crippen LogP contribution >= 0.6 is 0 Å². The fourth-order valence-electron chi connectivity index (χ4n) is 1.60. The number of hydrogen-bond acceptors (Lipinski definition) is 0. The second-order valence-electron chi connectivity index (χ2n) is 3.10. The highest BCUT2D eigenvalue weighted by Gasteiger charge is 2.35. The highest BCUT2D eigenvalue weighted by Crippen LogP contribution is 2.45. The van der Waals surface area contributed by atoms with Gasteiger partial charge in [-0.2, -0.15) is 0 Å². The van der Waals surface area contributed by atoms with Crippen LogP contribution in [0.25, 0.3) is 0 Å².